The number of rotatable bonds is 9. The molecule has 6 nitrogen and oxygen atoms in total. The van der Waals surface area contributed by atoms with Crippen LogP contribution in [0.2, 0.25) is 0 Å². The fourth-order valence-electron chi connectivity index (χ4n) is 2.53. The molecular formula is C18H24N2O4S2. The molecule has 0 radical (unpaired) electrons. The van der Waals surface area contributed by atoms with Crippen LogP contribution in [0, 0.1) is 0 Å². The zero-order valence-electron chi connectivity index (χ0n) is 15.2. The second-order valence-corrected chi connectivity index (χ2v) is 8.45. The fourth-order valence-corrected chi connectivity index (χ4v) is 4.72. The van der Waals surface area contributed by atoms with Crippen molar-refractivity contribution in [3.8, 4) is 5.75 Å². The van der Waals surface area contributed by atoms with Crippen molar-refractivity contribution in [2.45, 2.75) is 32.1 Å². The molecule has 0 fully saturated rings. The lowest BCUT2D eigenvalue weighted by Gasteiger charge is -2.20. The minimum absolute atomic E-state index is 0.135. The Bertz CT molecular complexity index is 829. The van der Waals surface area contributed by atoms with Crippen molar-refractivity contribution >= 4 is 33.0 Å². The number of hydrogen-bond donors (Lipinski definition) is 1. The van der Waals surface area contributed by atoms with E-state index in [0.29, 0.717) is 31.1 Å². The predicted molar refractivity (Wildman–Crippen MR) is 104 cm³/mol. The van der Waals surface area contributed by atoms with Gasteiger partial charge in [-0.05, 0) is 36.6 Å². The molecule has 1 N–H and O–H groups in total. The van der Waals surface area contributed by atoms with E-state index < -0.39 is 10.0 Å². The Hall–Kier alpha value is -1.90. The van der Waals surface area contributed by atoms with Crippen LogP contribution in [0.4, 0.5) is 5.69 Å². The van der Waals surface area contributed by atoms with Gasteiger partial charge in [0.1, 0.15) is 5.75 Å². The molecule has 1 amide bonds. The van der Waals surface area contributed by atoms with Gasteiger partial charge >= 0.3 is 0 Å². The molecule has 0 saturated carbocycles. The van der Waals surface area contributed by atoms with Crippen LogP contribution in [-0.2, 0) is 21.2 Å². The zero-order valence-corrected chi connectivity index (χ0v) is 16.8. The second kappa shape index (κ2) is 9.16. The van der Waals surface area contributed by atoms with Crippen LogP contribution in [-0.4, -0.2) is 38.3 Å². The average molecular weight is 397 g/mol. The summed E-state index contributed by atoms with van der Waals surface area (Å²) in [4.78, 5) is 13.4. The van der Waals surface area contributed by atoms with Gasteiger partial charge in [-0.2, -0.15) is 4.31 Å². The Labute approximate surface area is 158 Å². The van der Waals surface area contributed by atoms with Gasteiger partial charge in [0.2, 0.25) is 15.9 Å². The Balaban J connectivity index is 2.31. The van der Waals surface area contributed by atoms with Gasteiger partial charge in [-0.3, -0.25) is 4.79 Å². The number of thiophene rings is 1. The van der Waals surface area contributed by atoms with Crippen LogP contribution in [0.3, 0.4) is 0 Å². The van der Waals surface area contributed by atoms with Crippen LogP contribution in [0.25, 0.3) is 0 Å². The molecule has 0 unspecified atom stereocenters. The molecule has 26 heavy (non-hydrogen) atoms. The van der Waals surface area contributed by atoms with Gasteiger partial charge in [0.05, 0.1) is 23.6 Å². The normalized spacial score (nSPS) is 11.5. The molecule has 1 heterocycles. The van der Waals surface area contributed by atoms with Crippen molar-refractivity contribution in [3.63, 3.8) is 0 Å². The summed E-state index contributed by atoms with van der Waals surface area (Å²) in [7, 11) is -3.61. The van der Waals surface area contributed by atoms with Gasteiger partial charge in [-0.1, -0.05) is 19.9 Å². The number of anilines is 1. The lowest BCUT2D eigenvalue weighted by molar-refractivity contribution is -0.115. The van der Waals surface area contributed by atoms with Gasteiger partial charge in [0.15, 0.2) is 0 Å². The Morgan fingerprint density at radius 3 is 2.50 bits per heavy atom. The maximum Gasteiger partial charge on any atom is 0.243 e. The molecule has 0 saturated heterocycles. The van der Waals surface area contributed by atoms with E-state index in [2.05, 4.69) is 5.32 Å². The highest BCUT2D eigenvalue weighted by molar-refractivity contribution is 7.89. The third kappa shape index (κ3) is 4.84. The summed E-state index contributed by atoms with van der Waals surface area (Å²) < 4.78 is 32.4. The summed E-state index contributed by atoms with van der Waals surface area (Å²) in [5, 5.41) is 4.69. The summed E-state index contributed by atoms with van der Waals surface area (Å²) in [5.74, 6) is 0.233. The number of amides is 1. The van der Waals surface area contributed by atoms with Crippen molar-refractivity contribution in [1.82, 2.24) is 4.31 Å². The zero-order chi connectivity index (χ0) is 19.2. The SMILES string of the molecule is CCOc1ccc(S(=O)(=O)N(CC)CC)cc1NC(=O)Cc1cccs1. The topological polar surface area (TPSA) is 75.7 Å². The van der Waals surface area contributed by atoms with Gasteiger partial charge in [0, 0.05) is 18.0 Å². The molecule has 2 rings (SSSR count). The van der Waals surface area contributed by atoms with Crippen molar-refractivity contribution in [2.24, 2.45) is 0 Å². The molecule has 8 heteroatoms. The fraction of sp³-hybridized carbons (Fsp3) is 0.389. The van der Waals surface area contributed by atoms with E-state index in [1.807, 2.05) is 24.4 Å². The van der Waals surface area contributed by atoms with Crippen molar-refractivity contribution in [3.05, 3.63) is 40.6 Å². The van der Waals surface area contributed by atoms with Crippen LogP contribution in [0.5, 0.6) is 5.75 Å². The van der Waals surface area contributed by atoms with E-state index in [9.17, 15) is 13.2 Å². The number of carbonyl (C=O) groups is 1. The molecule has 0 aliphatic heterocycles. The van der Waals surface area contributed by atoms with Crippen LogP contribution < -0.4 is 10.1 Å². The number of nitrogens with one attached hydrogen (secondary N) is 1. The van der Waals surface area contributed by atoms with E-state index in [0.717, 1.165) is 4.88 Å². The number of nitrogens with zero attached hydrogens (tertiary/aromatic N) is 1. The van der Waals surface area contributed by atoms with E-state index in [4.69, 9.17) is 4.74 Å². The minimum Gasteiger partial charge on any atom is -0.492 e. The van der Waals surface area contributed by atoms with Gasteiger partial charge in [-0.15, -0.1) is 11.3 Å². The molecule has 0 aliphatic rings. The first-order chi connectivity index (χ1) is 12.4. The summed E-state index contributed by atoms with van der Waals surface area (Å²) in [6, 6.07) is 8.32. The molecule has 0 atom stereocenters. The number of hydrogen-bond acceptors (Lipinski definition) is 5. The first-order valence-electron chi connectivity index (χ1n) is 8.51. The third-order valence-electron chi connectivity index (χ3n) is 3.78. The Morgan fingerprint density at radius 1 is 1.19 bits per heavy atom. The van der Waals surface area contributed by atoms with Crippen LogP contribution in [0.15, 0.2) is 40.6 Å². The molecular weight excluding hydrogens is 372 g/mol. The van der Waals surface area contributed by atoms with E-state index >= 15 is 0 Å². The van der Waals surface area contributed by atoms with Gasteiger partial charge < -0.3 is 10.1 Å². The van der Waals surface area contributed by atoms with Crippen molar-refractivity contribution in [1.29, 1.82) is 0 Å². The smallest absolute Gasteiger partial charge is 0.243 e. The molecule has 2 aromatic rings. The summed E-state index contributed by atoms with van der Waals surface area (Å²) >= 11 is 1.50. The summed E-state index contributed by atoms with van der Waals surface area (Å²) in [5.41, 5.74) is 0.363. The quantitative estimate of drug-likeness (QED) is 0.705. The van der Waals surface area contributed by atoms with Gasteiger partial charge in [-0.25, -0.2) is 8.42 Å². The number of sulfonamides is 1. The maximum absolute atomic E-state index is 12.7. The lowest BCUT2D eigenvalue weighted by Crippen LogP contribution is -2.30. The maximum atomic E-state index is 12.7. The van der Waals surface area contributed by atoms with Crippen molar-refractivity contribution in [2.75, 3.05) is 25.0 Å². The third-order valence-corrected chi connectivity index (χ3v) is 6.71. The van der Waals surface area contributed by atoms with E-state index in [1.54, 1.807) is 19.9 Å². The molecule has 1 aromatic carbocycles. The Morgan fingerprint density at radius 2 is 1.92 bits per heavy atom. The molecule has 1 aromatic heterocycles. The van der Waals surface area contributed by atoms with Crippen LogP contribution in [0.1, 0.15) is 25.6 Å². The number of carbonyl (C=O) groups excluding carboxylic acids is 1. The highest BCUT2D eigenvalue weighted by Crippen LogP contribution is 2.29. The van der Waals surface area contributed by atoms with E-state index in [1.165, 1.54) is 27.8 Å². The standard InChI is InChI=1S/C18H24N2O4S2/c1-4-20(5-2)26(22,23)15-9-10-17(24-6-3)16(13-15)19-18(21)12-14-8-7-11-25-14/h7-11,13H,4-6,12H2,1-3H3,(H,19,21). The summed E-state index contributed by atoms with van der Waals surface area (Å²) in [6.07, 6.45) is 0.232. The largest absolute Gasteiger partial charge is 0.492 e. The number of benzene rings is 1. The lowest BCUT2D eigenvalue weighted by atomic mass is 10.2. The Kier molecular flexibility index (Phi) is 7.19. The van der Waals surface area contributed by atoms with Crippen LogP contribution >= 0.6 is 11.3 Å². The number of ether oxygens (including phenoxy) is 1. The molecule has 0 aliphatic carbocycles. The highest BCUT2D eigenvalue weighted by Gasteiger charge is 2.23. The minimum atomic E-state index is -3.61. The van der Waals surface area contributed by atoms with Gasteiger partial charge in [0.25, 0.3) is 0 Å². The first kappa shape index (κ1) is 20.4. The second-order valence-electron chi connectivity index (χ2n) is 5.48. The van der Waals surface area contributed by atoms with Crippen molar-refractivity contribution < 1.29 is 17.9 Å². The predicted octanol–water partition coefficient (Wildman–Crippen LogP) is 3.36. The highest BCUT2D eigenvalue weighted by atomic mass is 32.2. The van der Waals surface area contributed by atoms with E-state index in [-0.39, 0.29) is 17.2 Å². The average Bonchev–Trinajstić information content (AvgIpc) is 3.10. The molecule has 0 bridgehead atoms. The molecule has 142 valence electrons. The molecule has 0 spiro atoms. The monoisotopic (exact) mass is 396 g/mol. The first-order valence-corrected chi connectivity index (χ1v) is 10.8. The summed E-state index contributed by atoms with van der Waals surface area (Å²) in [6.45, 7) is 6.59.